The Morgan fingerprint density at radius 3 is 2.79 bits per heavy atom. The Morgan fingerprint density at radius 1 is 1.25 bits per heavy atom. The van der Waals surface area contributed by atoms with E-state index in [2.05, 4.69) is 4.98 Å². The highest BCUT2D eigenvalue weighted by atomic mass is 32.1. The van der Waals surface area contributed by atoms with Crippen LogP contribution in [0.5, 0.6) is 5.19 Å². The summed E-state index contributed by atoms with van der Waals surface area (Å²) in [7, 11) is 0. The summed E-state index contributed by atoms with van der Waals surface area (Å²) in [5.74, 6) is -0.534. The number of likely N-dealkylation sites (tertiary alicyclic amines) is 1. The number of nitrogens with zero attached hydrogens (tertiary/aromatic N) is 3. The molecule has 1 fully saturated rings. The van der Waals surface area contributed by atoms with Crippen molar-refractivity contribution in [2.45, 2.75) is 18.9 Å². The number of halogens is 1. The number of thiazole rings is 1. The fourth-order valence-electron chi connectivity index (χ4n) is 3.18. The summed E-state index contributed by atoms with van der Waals surface area (Å²) >= 11 is 1.30. The van der Waals surface area contributed by atoms with Gasteiger partial charge >= 0.3 is 0 Å². The molecule has 0 aliphatic carbocycles. The maximum absolute atomic E-state index is 13.3. The van der Waals surface area contributed by atoms with Gasteiger partial charge in [0.05, 0.1) is 15.1 Å². The molecule has 0 radical (unpaired) electrons. The Morgan fingerprint density at radius 2 is 2.04 bits per heavy atom. The molecule has 3 aromatic rings. The summed E-state index contributed by atoms with van der Waals surface area (Å²) < 4.78 is 19.9. The lowest BCUT2D eigenvalue weighted by Crippen LogP contribution is -2.41. The number of benzene rings is 2. The van der Waals surface area contributed by atoms with E-state index < -0.39 is 4.92 Å². The smallest absolute Gasteiger partial charge is 0.274 e. The van der Waals surface area contributed by atoms with E-state index in [1.807, 2.05) is 0 Å². The van der Waals surface area contributed by atoms with Gasteiger partial charge in [0, 0.05) is 43.6 Å². The summed E-state index contributed by atoms with van der Waals surface area (Å²) in [4.78, 5) is 29.0. The topological polar surface area (TPSA) is 85.6 Å². The van der Waals surface area contributed by atoms with E-state index >= 15 is 0 Å². The van der Waals surface area contributed by atoms with E-state index in [1.165, 1.54) is 41.7 Å². The lowest BCUT2D eigenvalue weighted by atomic mass is 10.1. The Labute approximate surface area is 163 Å². The van der Waals surface area contributed by atoms with Crippen molar-refractivity contribution >= 4 is 33.1 Å². The summed E-state index contributed by atoms with van der Waals surface area (Å²) in [6.45, 7) is 0.984. The molecule has 1 amide bonds. The van der Waals surface area contributed by atoms with Gasteiger partial charge < -0.3 is 9.64 Å². The summed E-state index contributed by atoms with van der Waals surface area (Å²) in [5, 5.41) is 11.4. The molecule has 1 saturated heterocycles. The molecule has 1 aliphatic heterocycles. The second-order valence-electron chi connectivity index (χ2n) is 6.51. The zero-order valence-electron chi connectivity index (χ0n) is 14.7. The number of aromatic nitrogens is 1. The van der Waals surface area contributed by atoms with Gasteiger partial charge in [-0.3, -0.25) is 14.9 Å². The van der Waals surface area contributed by atoms with Crippen molar-refractivity contribution < 1.29 is 18.8 Å². The molecule has 28 heavy (non-hydrogen) atoms. The van der Waals surface area contributed by atoms with E-state index in [4.69, 9.17) is 4.74 Å². The number of rotatable bonds is 4. The van der Waals surface area contributed by atoms with Crippen molar-refractivity contribution in [3.8, 4) is 5.19 Å². The number of carbonyl (C=O) groups excluding carboxylic acids is 1. The molecular formula is C19H16FN3O4S. The van der Waals surface area contributed by atoms with Crippen LogP contribution in [0.2, 0.25) is 0 Å². The molecule has 0 spiro atoms. The number of amides is 1. The van der Waals surface area contributed by atoms with Gasteiger partial charge in [-0.25, -0.2) is 9.37 Å². The fraction of sp³-hybridized carbons (Fsp3) is 0.263. The van der Waals surface area contributed by atoms with Gasteiger partial charge in [0.1, 0.15) is 11.9 Å². The molecule has 4 rings (SSSR count). The van der Waals surface area contributed by atoms with Crippen LogP contribution in [0.25, 0.3) is 10.2 Å². The third-order valence-electron chi connectivity index (χ3n) is 4.63. The first kappa shape index (κ1) is 18.3. The molecule has 1 aliphatic rings. The molecule has 0 N–H and O–H groups in total. The Bertz CT molecular complexity index is 1050. The molecule has 9 heteroatoms. The first-order valence-corrected chi connectivity index (χ1v) is 9.58. The van der Waals surface area contributed by atoms with Crippen LogP contribution in [-0.2, 0) is 0 Å². The fourth-order valence-corrected chi connectivity index (χ4v) is 4.09. The van der Waals surface area contributed by atoms with Gasteiger partial charge in [-0.2, -0.15) is 0 Å². The Hall–Kier alpha value is -3.07. The normalized spacial score (nSPS) is 15.0. The van der Waals surface area contributed by atoms with E-state index in [0.29, 0.717) is 42.2 Å². The zero-order chi connectivity index (χ0) is 19.7. The monoisotopic (exact) mass is 401 g/mol. The third kappa shape index (κ3) is 3.79. The standard InChI is InChI=1S/C19H16FN3O4S/c20-13-4-5-16-17(11-13)28-19(21-16)27-15-6-8-22(9-7-15)18(24)12-2-1-3-14(10-12)23(25)26/h1-5,10-11,15H,6-9H2. The number of hydrogen-bond donors (Lipinski definition) is 0. The van der Waals surface area contributed by atoms with Crippen LogP contribution in [0.3, 0.4) is 0 Å². The SMILES string of the molecule is O=C(c1cccc([N+](=O)[O-])c1)N1CCC(Oc2nc3ccc(F)cc3s2)CC1. The van der Waals surface area contributed by atoms with Gasteiger partial charge in [0.15, 0.2) is 0 Å². The third-order valence-corrected chi connectivity index (χ3v) is 5.54. The van der Waals surface area contributed by atoms with Gasteiger partial charge in [-0.05, 0) is 24.3 Å². The van der Waals surface area contributed by atoms with Crippen LogP contribution in [0.4, 0.5) is 10.1 Å². The predicted octanol–water partition coefficient (Wildman–Crippen LogP) is 4.03. The predicted molar refractivity (Wildman–Crippen MR) is 102 cm³/mol. The van der Waals surface area contributed by atoms with Crippen LogP contribution in [-0.4, -0.2) is 39.9 Å². The van der Waals surface area contributed by atoms with Crippen molar-refractivity contribution in [3.05, 3.63) is 64.0 Å². The Balaban J connectivity index is 1.38. The van der Waals surface area contributed by atoms with Crippen LogP contribution < -0.4 is 4.74 Å². The van der Waals surface area contributed by atoms with Crippen LogP contribution in [0.1, 0.15) is 23.2 Å². The second kappa shape index (κ2) is 7.51. The quantitative estimate of drug-likeness (QED) is 0.487. The van der Waals surface area contributed by atoms with Gasteiger partial charge in [0.25, 0.3) is 16.8 Å². The average molecular weight is 401 g/mol. The average Bonchev–Trinajstić information content (AvgIpc) is 3.09. The molecule has 1 aromatic heterocycles. The van der Waals surface area contributed by atoms with Crippen molar-refractivity contribution in [3.63, 3.8) is 0 Å². The zero-order valence-corrected chi connectivity index (χ0v) is 15.5. The minimum absolute atomic E-state index is 0.0837. The van der Waals surface area contributed by atoms with Crippen LogP contribution in [0, 0.1) is 15.9 Å². The van der Waals surface area contributed by atoms with E-state index in [9.17, 15) is 19.3 Å². The lowest BCUT2D eigenvalue weighted by molar-refractivity contribution is -0.384. The maximum atomic E-state index is 13.3. The number of hydrogen-bond acceptors (Lipinski definition) is 6. The van der Waals surface area contributed by atoms with Crippen LogP contribution >= 0.6 is 11.3 Å². The molecule has 2 aromatic carbocycles. The molecule has 0 saturated carbocycles. The molecule has 0 bridgehead atoms. The highest BCUT2D eigenvalue weighted by molar-refractivity contribution is 7.20. The molecule has 0 unspecified atom stereocenters. The number of non-ortho nitro benzene ring substituents is 1. The van der Waals surface area contributed by atoms with Crippen molar-refractivity contribution in [1.29, 1.82) is 0 Å². The molecule has 144 valence electrons. The van der Waals surface area contributed by atoms with E-state index in [1.54, 1.807) is 17.0 Å². The minimum atomic E-state index is -0.513. The number of piperidine rings is 1. The number of nitro benzene ring substituents is 1. The Kier molecular flexibility index (Phi) is 4.91. The number of fused-ring (bicyclic) bond motifs is 1. The van der Waals surface area contributed by atoms with Gasteiger partial charge in [0.2, 0.25) is 0 Å². The second-order valence-corrected chi connectivity index (χ2v) is 7.50. The molecule has 7 nitrogen and oxygen atoms in total. The van der Waals surface area contributed by atoms with Crippen LogP contribution in [0.15, 0.2) is 42.5 Å². The van der Waals surface area contributed by atoms with E-state index in [0.717, 1.165) is 4.70 Å². The first-order chi connectivity index (χ1) is 13.5. The first-order valence-electron chi connectivity index (χ1n) is 8.76. The summed E-state index contributed by atoms with van der Waals surface area (Å²) in [6.07, 6.45) is 1.18. The number of carbonyl (C=O) groups is 1. The summed E-state index contributed by atoms with van der Waals surface area (Å²) in [6, 6.07) is 10.2. The molecular weight excluding hydrogens is 385 g/mol. The van der Waals surface area contributed by atoms with Crippen molar-refractivity contribution in [2.75, 3.05) is 13.1 Å². The molecule has 2 heterocycles. The van der Waals surface area contributed by atoms with Crippen molar-refractivity contribution in [2.24, 2.45) is 0 Å². The van der Waals surface area contributed by atoms with E-state index in [-0.39, 0.29) is 23.5 Å². The highest BCUT2D eigenvalue weighted by Crippen LogP contribution is 2.30. The maximum Gasteiger partial charge on any atom is 0.274 e. The van der Waals surface area contributed by atoms with Crippen molar-refractivity contribution in [1.82, 2.24) is 9.88 Å². The summed E-state index contributed by atoms with van der Waals surface area (Å²) in [5.41, 5.74) is 0.901. The van der Waals surface area contributed by atoms with Gasteiger partial charge in [-0.1, -0.05) is 17.4 Å². The number of ether oxygens (including phenoxy) is 1. The minimum Gasteiger partial charge on any atom is -0.467 e. The number of nitro groups is 1. The largest absolute Gasteiger partial charge is 0.467 e. The highest BCUT2D eigenvalue weighted by Gasteiger charge is 2.26. The lowest BCUT2D eigenvalue weighted by Gasteiger charge is -2.31. The molecule has 0 atom stereocenters. The van der Waals surface area contributed by atoms with Gasteiger partial charge in [-0.15, -0.1) is 0 Å².